The van der Waals surface area contributed by atoms with Crippen LogP contribution in [0.3, 0.4) is 0 Å². The maximum atomic E-state index is 3.60. The van der Waals surface area contributed by atoms with Crippen LogP contribution in [0.1, 0.15) is 45.6 Å². The minimum atomic E-state index is 0.743. The Morgan fingerprint density at radius 3 is 2.37 bits per heavy atom. The molecule has 0 radical (unpaired) electrons. The summed E-state index contributed by atoms with van der Waals surface area (Å²) in [6.07, 6.45) is 5.01. The molecular weight excluding hydrogens is 298 g/mol. The number of hydrogen-bond acceptors (Lipinski definition) is 1. The molecule has 0 aromatic heterocycles. The number of nitrogens with one attached hydrogen (secondary N) is 1. The molecule has 0 aliphatic heterocycles. The van der Waals surface area contributed by atoms with Gasteiger partial charge in [-0.05, 0) is 55.5 Å². The van der Waals surface area contributed by atoms with E-state index in [0.29, 0.717) is 0 Å². The molecule has 0 saturated carbocycles. The van der Waals surface area contributed by atoms with Crippen molar-refractivity contribution in [1.29, 1.82) is 0 Å². The van der Waals surface area contributed by atoms with Gasteiger partial charge in [-0.15, -0.1) is 0 Å². The van der Waals surface area contributed by atoms with Crippen LogP contribution < -0.4 is 5.32 Å². The van der Waals surface area contributed by atoms with Gasteiger partial charge < -0.3 is 5.32 Å². The lowest BCUT2D eigenvalue weighted by Gasteiger charge is -2.24. The molecule has 0 aliphatic rings. The normalized spacial score (nSPS) is 14.3. The summed E-state index contributed by atoms with van der Waals surface area (Å²) >= 11 is 3.50. The van der Waals surface area contributed by atoms with Gasteiger partial charge in [0.25, 0.3) is 0 Å². The zero-order valence-corrected chi connectivity index (χ0v) is 14.2. The van der Waals surface area contributed by atoms with E-state index in [-0.39, 0.29) is 0 Å². The van der Waals surface area contributed by atoms with Gasteiger partial charge in [-0.25, -0.2) is 0 Å². The Balaban J connectivity index is 2.58. The maximum Gasteiger partial charge on any atom is 0.0175 e. The Labute approximate surface area is 127 Å². The minimum absolute atomic E-state index is 0.743. The van der Waals surface area contributed by atoms with Crippen molar-refractivity contribution in [1.82, 2.24) is 5.32 Å². The summed E-state index contributed by atoms with van der Waals surface area (Å²) in [4.78, 5) is 0. The fourth-order valence-electron chi connectivity index (χ4n) is 2.55. The van der Waals surface area contributed by atoms with Crippen LogP contribution in [0, 0.1) is 11.8 Å². The zero-order chi connectivity index (χ0) is 14.1. The number of hydrogen-bond donors (Lipinski definition) is 1. The molecule has 1 aromatic rings. The minimum Gasteiger partial charge on any atom is -0.316 e. The highest BCUT2D eigenvalue weighted by Crippen LogP contribution is 2.22. The summed E-state index contributed by atoms with van der Waals surface area (Å²) in [6, 6.07) is 8.79. The molecule has 0 spiro atoms. The molecule has 1 N–H and O–H groups in total. The number of benzene rings is 1. The summed E-state index contributed by atoms with van der Waals surface area (Å²) in [6.45, 7) is 9.19. The molecule has 2 unspecified atom stereocenters. The first-order chi connectivity index (χ1) is 9.17. The topological polar surface area (TPSA) is 12.0 Å². The predicted molar refractivity (Wildman–Crippen MR) is 88.6 cm³/mol. The second-order valence-electron chi connectivity index (χ2n) is 5.56. The molecule has 108 valence electrons. The molecule has 1 nitrogen and oxygen atoms in total. The standard InChI is InChI=1S/C17H28BrN/c1-4-6-14(3)16(13-19-11-5-2)12-15-7-9-17(18)10-8-15/h7-10,14,16,19H,4-6,11-13H2,1-3H3. The Kier molecular flexibility index (Phi) is 8.40. The van der Waals surface area contributed by atoms with Crippen molar-refractivity contribution in [3.8, 4) is 0 Å². The van der Waals surface area contributed by atoms with Crippen molar-refractivity contribution >= 4 is 15.9 Å². The second-order valence-corrected chi connectivity index (χ2v) is 6.48. The van der Waals surface area contributed by atoms with E-state index in [1.165, 1.54) is 35.7 Å². The van der Waals surface area contributed by atoms with E-state index in [1.807, 2.05) is 0 Å². The predicted octanol–water partition coefficient (Wildman–Crippen LogP) is 5.04. The Bertz CT molecular complexity index is 334. The molecule has 2 heteroatoms. The smallest absolute Gasteiger partial charge is 0.0175 e. The van der Waals surface area contributed by atoms with E-state index in [2.05, 4.69) is 66.3 Å². The van der Waals surface area contributed by atoms with Gasteiger partial charge in [0.05, 0.1) is 0 Å². The van der Waals surface area contributed by atoms with Gasteiger partial charge in [0.1, 0.15) is 0 Å². The third kappa shape index (κ3) is 6.58. The van der Waals surface area contributed by atoms with Crippen molar-refractivity contribution in [2.45, 2.75) is 46.5 Å². The average Bonchev–Trinajstić information content (AvgIpc) is 2.40. The van der Waals surface area contributed by atoms with Gasteiger partial charge in [-0.3, -0.25) is 0 Å². The zero-order valence-electron chi connectivity index (χ0n) is 12.6. The lowest BCUT2D eigenvalue weighted by Crippen LogP contribution is -2.29. The van der Waals surface area contributed by atoms with Gasteiger partial charge >= 0.3 is 0 Å². The lowest BCUT2D eigenvalue weighted by molar-refractivity contribution is 0.318. The first-order valence-electron chi connectivity index (χ1n) is 7.62. The van der Waals surface area contributed by atoms with Gasteiger partial charge in [0, 0.05) is 4.47 Å². The van der Waals surface area contributed by atoms with Crippen LogP contribution in [-0.4, -0.2) is 13.1 Å². The quantitative estimate of drug-likeness (QED) is 0.627. The maximum absolute atomic E-state index is 3.60. The van der Waals surface area contributed by atoms with Crippen LogP contribution in [0.15, 0.2) is 28.7 Å². The Morgan fingerprint density at radius 1 is 1.11 bits per heavy atom. The third-order valence-electron chi connectivity index (χ3n) is 3.79. The molecule has 2 atom stereocenters. The van der Waals surface area contributed by atoms with Crippen LogP contribution in [-0.2, 0) is 6.42 Å². The van der Waals surface area contributed by atoms with Crippen LogP contribution >= 0.6 is 15.9 Å². The molecule has 0 aliphatic carbocycles. The first kappa shape index (κ1) is 16.7. The first-order valence-corrected chi connectivity index (χ1v) is 8.41. The fourth-order valence-corrected chi connectivity index (χ4v) is 2.82. The SMILES string of the molecule is CCCNCC(Cc1ccc(Br)cc1)C(C)CCC. The molecular formula is C17H28BrN. The third-order valence-corrected chi connectivity index (χ3v) is 4.32. The van der Waals surface area contributed by atoms with Gasteiger partial charge in [0.2, 0.25) is 0 Å². The monoisotopic (exact) mass is 325 g/mol. The summed E-state index contributed by atoms with van der Waals surface area (Å²) in [5, 5.41) is 3.60. The summed E-state index contributed by atoms with van der Waals surface area (Å²) in [5.74, 6) is 1.53. The Hall–Kier alpha value is -0.340. The summed E-state index contributed by atoms with van der Waals surface area (Å²) < 4.78 is 1.17. The van der Waals surface area contributed by atoms with Gasteiger partial charge in [-0.1, -0.05) is 61.7 Å². The molecule has 19 heavy (non-hydrogen) atoms. The summed E-state index contributed by atoms with van der Waals surface area (Å²) in [7, 11) is 0. The van der Waals surface area contributed by atoms with Crippen molar-refractivity contribution in [2.75, 3.05) is 13.1 Å². The molecule has 0 fully saturated rings. The van der Waals surface area contributed by atoms with Crippen LogP contribution in [0.25, 0.3) is 0 Å². The highest BCUT2D eigenvalue weighted by atomic mass is 79.9. The van der Waals surface area contributed by atoms with Gasteiger partial charge in [-0.2, -0.15) is 0 Å². The average molecular weight is 326 g/mol. The second kappa shape index (κ2) is 9.55. The van der Waals surface area contributed by atoms with E-state index in [1.54, 1.807) is 0 Å². The van der Waals surface area contributed by atoms with Crippen LogP contribution in [0.4, 0.5) is 0 Å². The van der Waals surface area contributed by atoms with Crippen molar-refractivity contribution in [3.63, 3.8) is 0 Å². The van der Waals surface area contributed by atoms with Gasteiger partial charge in [0.15, 0.2) is 0 Å². The van der Waals surface area contributed by atoms with E-state index < -0.39 is 0 Å². The van der Waals surface area contributed by atoms with Crippen molar-refractivity contribution in [2.24, 2.45) is 11.8 Å². The van der Waals surface area contributed by atoms with Crippen LogP contribution in [0.5, 0.6) is 0 Å². The van der Waals surface area contributed by atoms with Crippen molar-refractivity contribution < 1.29 is 0 Å². The molecule has 0 bridgehead atoms. The Morgan fingerprint density at radius 2 is 1.79 bits per heavy atom. The van der Waals surface area contributed by atoms with E-state index in [0.717, 1.165) is 24.9 Å². The van der Waals surface area contributed by atoms with Crippen molar-refractivity contribution in [3.05, 3.63) is 34.3 Å². The largest absolute Gasteiger partial charge is 0.316 e. The van der Waals surface area contributed by atoms with Crippen LogP contribution in [0.2, 0.25) is 0 Å². The molecule has 0 heterocycles. The number of rotatable bonds is 9. The molecule has 0 amide bonds. The lowest BCUT2D eigenvalue weighted by atomic mass is 9.85. The molecule has 1 aromatic carbocycles. The molecule has 0 saturated heterocycles. The summed E-state index contributed by atoms with van der Waals surface area (Å²) in [5.41, 5.74) is 1.45. The highest BCUT2D eigenvalue weighted by molar-refractivity contribution is 9.10. The van der Waals surface area contributed by atoms with E-state index in [9.17, 15) is 0 Å². The van der Waals surface area contributed by atoms with E-state index in [4.69, 9.17) is 0 Å². The van der Waals surface area contributed by atoms with E-state index >= 15 is 0 Å². The molecule has 1 rings (SSSR count). The fraction of sp³-hybridized carbons (Fsp3) is 0.647. The number of halogens is 1. The highest BCUT2D eigenvalue weighted by Gasteiger charge is 2.16.